The molecule has 3 aromatic rings. The highest BCUT2D eigenvalue weighted by Gasteiger charge is 2.08. The molecule has 1 heterocycles. The Morgan fingerprint density at radius 2 is 1.75 bits per heavy atom. The fourth-order valence-corrected chi connectivity index (χ4v) is 2.50. The quantitative estimate of drug-likeness (QED) is 0.726. The van der Waals surface area contributed by atoms with Crippen LogP contribution in [0, 0.1) is 13.8 Å². The Bertz CT molecular complexity index is 812. The van der Waals surface area contributed by atoms with Gasteiger partial charge < -0.3 is 5.73 Å². The minimum atomic E-state index is 0.504. The average molecular weight is 328 g/mol. The van der Waals surface area contributed by atoms with Crippen LogP contribution in [0.1, 0.15) is 11.1 Å². The van der Waals surface area contributed by atoms with E-state index >= 15 is 0 Å². The van der Waals surface area contributed by atoms with Gasteiger partial charge in [-0.25, -0.2) is 9.97 Å². The number of nitrogens with two attached hydrogens (primary N) is 1. The lowest BCUT2D eigenvalue weighted by atomic mass is 10.1. The molecule has 4 heteroatoms. The van der Waals surface area contributed by atoms with Gasteiger partial charge in [0.15, 0.2) is 5.82 Å². The molecule has 0 amide bonds. The normalized spacial score (nSPS) is 10.9. The summed E-state index contributed by atoms with van der Waals surface area (Å²) in [6, 6.07) is 12.0. The average Bonchev–Trinajstić information content (AvgIpc) is 2.42. The molecule has 0 atom stereocenters. The lowest BCUT2D eigenvalue weighted by Crippen LogP contribution is -1.98. The van der Waals surface area contributed by atoms with Crippen LogP contribution < -0.4 is 5.73 Å². The second-order valence-corrected chi connectivity index (χ2v) is 5.81. The SMILES string of the molecule is Cc1ccc(-c2nc(N)c3cc(Br)ccc3n2)cc1C. The molecule has 2 aromatic carbocycles. The number of fused-ring (bicyclic) bond motifs is 1. The van der Waals surface area contributed by atoms with Gasteiger partial charge in [-0.1, -0.05) is 28.1 Å². The van der Waals surface area contributed by atoms with Crippen molar-refractivity contribution in [2.24, 2.45) is 0 Å². The number of aryl methyl sites for hydroxylation is 2. The summed E-state index contributed by atoms with van der Waals surface area (Å²) in [4.78, 5) is 9.04. The summed E-state index contributed by atoms with van der Waals surface area (Å²) >= 11 is 3.44. The number of hydrogen-bond donors (Lipinski definition) is 1. The molecule has 0 bridgehead atoms. The first kappa shape index (κ1) is 13.1. The molecule has 0 fully saturated rings. The second kappa shape index (κ2) is 4.87. The largest absolute Gasteiger partial charge is 0.383 e. The zero-order chi connectivity index (χ0) is 14.3. The maximum atomic E-state index is 6.06. The number of aromatic nitrogens is 2. The van der Waals surface area contributed by atoms with Crippen LogP contribution in [0.3, 0.4) is 0 Å². The van der Waals surface area contributed by atoms with E-state index in [1.54, 1.807) is 0 Å². The molecule has 0 unspecified atom stereocenters. The Balaban J connectivity index is 2.21. The number of nitrogens with zero attached hydrogens (tertiary/aromatic N) is 2. The third-order valence-corrected chi connectivity index (χ3v) is 3.95. The van der Waals surface area contributed by atoms with E-state index in [0.29, 0.717) is 11.6 Å². The molecule has 20 heavy (non-hydrogen) atoms. The number of rotatable bonds is 1. The molecule has 1 aromatic heterocycles. The van der Waals surface area contributed by atoms with Gasteiger partial charge in [-0.2, -0.15) is 0 Å². The maximum Gasteiger partial charge on any atom is 0.162 e. The molecule has 100 valence electrons. The molecule has 3 rings (SSSR count). The van der Waals surface area contributed by atoms with E-state index in [0.717, 1.165) is 20.9 Å². The van der Waals surface area contributed by atoms with E-state index in [1.165, 1.54) is 11.1 Å². The van der Waals surface area contributed by atoms with Crippen molar-refractivity contribution in [1.82, 2.24) is 9.97 Å². The number of halogens is 1. The number of nitrogen functional groups attached to an aromatic ring is 1. The predicted molar refractivity (Wildman–Crippen MR) is 86.6 cm³/mol. The molecule has 0 radical (unpaired) electrons. The fourth-order valence-electron chi connectivity index (χ4n) is 2.13. The van der Waals surface area contributed by atoms with E-state index in [-0.39, 0.29) is 0 Å². The first-order valence-electron chi connectivity index (χ1n) is 6.35. The Labute approximate surface area is 126 Å². The fraction of sp³-hybridized carbons (Fsp3) is 0.125. The van der Waals surface area contributed by atoms with Gasteiger partial charge in [-0.3, -0.25) is 0 Å². The molecule has 0 aliphatic carbocycles. The number of anilines is 1. The van der Waals surface area contributed by atoms with Crippen LogP contribution in [0.25, 0.3) is 22.3 Å². The van der Waals surface area contributed by atoms with Gasteiger partial charge in [0.1, 0.15) is 5.82 Å². The highest BCUT2D eigenvalue weighted by Crippen LogP contribution is 2.26. The Morgan fingerprint density at radius 3 is 2.50 bits per heavy atom. The van der Waals surface area contributed by atoms with Crippen LogP contribution in [-0.4, -0.2) is 9.97 Å². The first-order chi connectivity index (χ1) is 9.54. The zero-order valence-electron chi connectivity index (χ0n) is 11.3. The molecule has 0 saturated carbocycles. The third-order valence-electron chi connectivity index (χ3n) is 3.45. The number of benzene rings is 2. The smallest absolute Gasteiger partial charge is 0.162 e. The van der Waals surface area contributed by atoms with E-state index < -0.39 is 0 Å². The maximum absolute atomic E-state index is 6.06. The summed E-state index contributed by atoms with van der Waals surface area (Å²) < 4.78 is 0.972. The molecule has 2 N–H and O–H groups in total. The molecule has 3 nitrogen and oxygen atoms in total. The van der Waals surface area contributed by atoms with Gasteiger partial charge in [0, 0.05) is 15.4 Å². The van der Waals surface area contributed by atoms with Crippen molar-refractivity contribution in [3.05, 3.63) is 52.0 Å². The molecule has 0 spiro atoms. The van der Waals surface area contributed by atoms with Gasteiger partial charge >= 0.3 is 0 Å². The summed E-state index contributed by atoms with van der Waals surface area (Å²) in [7, 11) is 0. The Kier molecular flexibility index (Phi) is 3.18. The topological polar surface area (TPSA) is 51.8 Å². The Morgan fingerprint density at radius 1 is 0.950 bits per heavy atom. The van der Waals surface area contributed by atoms with Crippen molar-refractivity contribution in [1.29, 1.82) is 0 Å². The highest BCUT2D eigenvalue weighted by atomic mass is 79.9. The van der Waals surface area contributed by atoms with Crippen LogP contribution in [-0.2, 0) is 0 Å². The predicted octanol–water partition coefficient (Wildman–Crippen LogP) is 4.26. The molecule has 0 aliphatic heterocycles. The van der Waals surface area contributed by atoms with Crippen LogP contribution in [0.15, 0.2) is 40.9 Å². The number of hydrogen-bond acceptors (Lipinski definition) is 3. The van der Waals surface area contributed by atoms with Crippen molar-refractivity contribution < 1.29 is 0 Å². The monoisotopic (exact) mass is 327 g/mol. The summed E-state index contributed by atoms with van der Waals surface area (Å²) in [6.45, 7) is 4.17. The van der Waals surface area contributed by atoms with E-state index in [2.05, 4.69) is 51.9 Å². The summed E-state index contributed by atoms with van der Waals surface area (Å²) in [5.74, 6) is 1.17. The van der Waals surface area contributed by atoms with Crippen molar-refractivity contribution in [2.45, 2.75) is 13.8 Å². The van der Waals surface area contributed by atoms with Gasteiger partial charge in [-0.15, -0.1) is 0 Å². The Hall–Kier alpha value is -1.94. The van der Waals surface area contributed by atoms with Crippen LogP contribution in [0.5, 0.6) is 0 Å². The standard InChI is InChI=1S/C16H14BrN3/c1-9-3-4-11(7-10(9)2)16-19-14-6-5-12(17)8-13(14)15(18)20-16/h3-8H,1-2H3,(H2,18,19,20). The molecular formula is C16H14BrN3. The van der Waals surface area contributed by atoms with Gasteiger partial charge in [0.25, 0.3) is 0 Å². The summed E-state index contributed by atoms with van der Waals surface area (Å²) in [6.07, 6.45) is 0. The van der Waals surface area contributed by atoms with Crippen molar-refractivity contribution in [2.75, 3.05) is 5.73 Å². The minimum Gasteiger partial charge on any atom is -0.383 e. The molecule has 0 aliphatic rings. The summed E-state index contributed by atoms with van der Waals surface area (Å²) in [5.41, 5.74) is 10.4. The van der Waals surface area contributed by atoms with Gasteiger partial charge in [0.2, 0.25) is 0 Å². The third kappa shape index (κ3) is 2.27. The first-order valence-corrected chi connectivity index (χ1v) is 7.14. The van der Waals surface area contributed by atoms with E-state index in [4.69, 9.17) is 5.73 Å². The molecular weight excluding hydrogens is 314 g/mol. The van der Waals surface area contributed by atoms with Gasteiger partial charge in [-0.05, 0) is 49.2 Å². The lowest BCUT2D eigenvalue weighted by molar-refractivity contribution is 1.22. The van der Waals surface area contributed by atoms with Crippen LogP contribution >= 0.6 is 15.9 Å². The van der Waals surface area contributed by atoms with E-state index in [1.807, 2.05) is 24.3 Å². The van der Waals surface area contributed by atoms with Crippen molar-refractivity contribution >= 4 is 32.7 Å². The second-order valence-electron chi connectivity index (χ2n) is 4.89. The highest BCUT2D eigenvalue weighted by molar-refractivity contribution is 9.10. The van der Waals surface area contributed by atoms with E-state index in [9.17, 15) is 0 Å². The van der Waals surface area contributed by atoms with Crippen LogP contribution in [0.4, 0.5) is 5.82 Å². The molecule has 0 saturated heterocycles. The van der Waals surface area contributed by atoms with Crippen molar-refractivity contribution in [3.63, 3.8) is 0 Å². The lowest BCUT2D eigenvalue weighted by Gasteiger charge is -2.07. The van der Waals surface area contributed by atoms with Gasteiger partial charge in [0.05, 0.1) is 5.52 Å². The van der Waals surface area contributed by atoms with Crippen LogP contribution in [0.2, 0.25) is 0 Å². The van der Waals surface area contributed by atoms with Crippen molar-refractivity contribution in [3.8, 4) is 11.4 Å². The minimum absolute atomic E-state index is 0.504. The zero-order valence-corrected chi connectivity index (χ0v) is 12.9. The summed E-state index contributed by atoms with van der Waals surface area (Å²) in [5, 5.41) is 0.868.